The predicted octanol–water partition coefficient (Wildman–Crippen LogP) is 2.39. The van der Waals surface area contributed by atoms with Crippen LogP contribution >= 0.6 is 0 Å². The van der Waals surface area contributed by atoms with Gasteiger partial charge in [-0.25, -0.2) is 0 Å². The Bertz CT molecular complexity index is 377. The predicted molar refractivity (Wildman–Crippen MR) is 65.0 cm³/mol. The zero-order chi connectivity index (χ0) is 12.8. The molecule has 0 aliphatic rings. The van der Waals surface area contributed by atoms with Gasteiger partial charge in [0, 0.05) is 6.20 Å². The van der Waals surface area contributed by atoms with Crippen molar-refractivity contribution < 1.29 is 14.3 Å². The van der Waals surface area contributed by atoms with E-state index < -0.39 is 0 Å². The highest BCUT2D eigenvalue weighted by atomic mass is 16.5. The van der Waals surface area contributed by atoms with Gasteiger partial charge in [-0.05, 0) is 24.5 Å². The topological polar surface area (TPSA) is 48.4 Å². The second-order valence-corrected chi connectivity index (χ2v) is 4.13. The molecule has 1 atom stereocenters. The molecule has 1 rings (SSSR count). The minimum Gasteiger partial charge on any atom is -0.492 e. The van der Waals surface area contributed by atoms with E-state index in [0.29, 0.717) is 12.4 Å². The SMILES string of the molecule is CCOc1cncc(C(C(=O)OC)C(C)C)c1. The molecule has 0 aliphatic carbocycles. The fraction of sp³-hybridized carbons (Fsp3) is 0.538. The maximum absolute atomic E-state index is 11.7. The van der Waals surface area contributed by atoms with Gasteiger partial charge >= 0.3 is 5.97 Å². The number of hydrogen-bond acceptors (Lipinski definition) is 4. The Morgan fingerprint density at radius 2 is 2.12 bits per heavy atom. The van der Waals surface area contributed by atoms with E-state index in [4.69, 9.17) is 9.47 Å². The first kappa shape index (κ1) is 13.5. The van der Waals surface area contributed by atoms with Gasteiger partial charge in [-0.2, -0.15) is 0 Å². The minimum absolute atomic E-state index is 0.154. The molecule has 0 aromatic carbocycles. The van der Waals surface area contributed by atoms with Crippen LogP contribution in [-0.2, 0) is 9.53 Å². The van der Waals surface area contributed by atoms with Crippen LogP contribution in [0.1, 0.15) is 32.3 Å². The van der Waals surface area contributed by atoms with Crippen molar-refractivity contribution >= 4 is 5.97 Å². The number of carbonyl (C=O) groups is 1. The smallest absolute Gasteiger partial charge is 0.313 e. The average molecular weight is 237 g/mol. The van der Waals surface area contributed by atoms with E-state index in [-0.39, 0.29) is 17.8 Å². The molecule has 4 heteroatoms. The largest absolute Gasteiger partial charge is 0.492 e. The maximum atomic E-state index is 11.7. The molecule has 1 heterocycles. The summed E-state index contributed by atoms with van der Waals surface area (Å²) in [4.78, 5) is 15.8. The van der Waals surface area contributed by atoms with E-state index >= 15 is 0 Å². The summed E-state index contributed by atoms with van der Waals surface area (Å²) >= 11 is 0. The Kier molecular flexibility index (Phi) is 4.94. The highest BCUT2D eigenvalue weighted by molar-refractivity contribution is 5.78. The van der Waals surface area contributed by atoms with Crippen LogP contribution in [0.2, 0.25) is 0 Å². The molecule has 0 spiro atoms. The summed E-state index contributed by atoms with van der Waals surface area (Å²) in [6.07, 6.45) is 3.33. The van der Waals surface area contributed by atoms with Crippen LogP contribution in [0.4, 0.5) is 0 Å². The summed E-state index contributed by atoms with van der Waals surface area (Å²) in [6, 6.07) is 1.85. The van der Waals surface area contributed by atoms with Crippen LogP contribution in [0.15, 0.2) is 18.5 Å². The third-order valence-corrected chi connectivity index (χ3v) is 2.53. The monoisotopic (exact) mass is 237 g/mol. The lowest BCUT2D eigenvalue weighted by molar-refractivity contribution is -0.143. The molecular weight excluding hydrogens is 218 g/mol. The number of rotatable bonds is 5. The van der Waals surface area contributed by atoms with Crippen molar-refractivity contribution in [1.29, 1.82) is 0 Å². The summed E-state index contributed by atoms with van der Waals surface area (Å²) in [5.74, 6) is 0.295. The van der Waals surface area contributed by atoms with Crippen molar-refractivity contribution in [2.45, 2.75) is 26.7 Å². The zero-order valence-electron chi connectivity index (χ0n) is 10.8. The van der Waals surface area contributed by atoms with Gasteiger partial charge in [0.15, 0.2) is 0 Å². The van der Waals surface area contributed by atoms with Crippen molar-refractivity contribution in [2.75, 3.05) is 13.7 Å². The number of ether oxygens (including phenoxy) is 2. The minimum atomic E-state index is -0.298. The fourth-order valence-corrected chi connectivity index (χ4v) is 1.77. The van der Waals surface area contributed by atoms with Crippen LogP contribution < -0.4 is 4.74 Å². The van der Waals surface area contributed by atoms with Gasteiger partial charge in [0.25, 0.3) is 0 Å². The lowest BCUT2D eigenvalue weighted by atomic mass is 9.89. The Morgan fingerprint density at radius 1 is 1.41 bits per heavy atom. The van der Waals surface area contributed by atoms with E-state index in [2.05, 4.69) is 4.98 Å². The Morgan fingerprint density at radius 3 is 2.65 bits per heavy atom. The fourth-order valence-electron chi connectivity index (χ4n) is 1.77. The number of methoxy groups -OCH3 is 1. The number of nitrogens with zero attached hydrogens (tertiary/aromatic N) is 1. The van der Waals surface area contributed by atoms with Crippen LogP contribution in [-0.4, -0.2) is 24.7 Å². The second kappa shape index (κ2) is 6.23. The Balaban J connectivity index is 3.01. The number of aromatic nitrogens is 1. The first-order valence-corrected chi connectivity index (χ1v) is 5.75. The molecule has 94 valence electrons. The first-order valence-electron chi connectivity index (χ1n) is 5.75. The standard InChI is InChI=1S/C13H19NO3/c1-5-17-11-6-10(7-14-8-11)12(9(2)3)13(15)16-4/h6-9,12H,5H2,1-4H3. The molecule has 0 amide bonds. The van der Waals surface area contributed by atoms with Gasteiger partial charge in [0.2, 0.25) is 0 Å². The van der Waals surface area contributed by atoms with E-state index in [0.717, 1.165) is 5.56 Å². The highest BCUT2D eigenvalue weighted by Crippen LogP contribution is 2.27. The molecule has 1 aromatic rings. The summed E-state index contributed by atoms with van der Waals surface area (Å²) in [7, 11) is 1.40. The van der Waals surface area contributed by atoms with E-state index in [1.807, 2.05) is 26.8 Å². The van der Waals surface area contributed by atoms with E-state index in [9.17, 15) is 4.79 Å². The Hall–Kier alpha value is -1.58. The van der Waals surface area contributed by atoms with Crippen molar-refractivity contribution in [3.63, 3.8) is 0 Å². The maximum Gasteiger partial charge on any atom is 0.313 e. The van der Waals surface area contributed by atoms with Gasteiger partial charge in [-0.3, -0.25) is 9.78 Å². The molecule has 0 fully saturated rings. The van der Waals surface area contributed by atoms with Crippen LogP contribution in [0.25, 0.3) is 0 Å². The lowest BCUT2D eigenvalue weighted by Crippen LogP contribution is -2.19. The van der Waals surface area contributed by atoms with Crippen molar-refractivity contribution in [3.8, 4) is 5.75 Å². The lowest BCUT2D eigenvalue weighted by Gasteiger charge is -2.18. The van der Waals surface area contributed by atoms with E-state index in [1.165, 1.54) is 7.11 Å². The third-order valence-electron chi connectivity index (χ3n) is 2.53. The normalized spacial score (nSPS) is 12.3. The summed E-state index contributed by atoms with van der Waals surface area (Å²) in [5.41, 5.74) is 0.831. The van der Waals surface area contributed by atoms with Crippen molar-refractivity contribution in [3.05, 3.63) is 24.0 Å². The highest BCUT2D eigenvalue weighted by Gasteiger charge is 2.25. The summed E-state index contributed by atoms with van der Waals surface area (Å²) < 4.78 is 10.2. The number of pyridine rings is 1. The quantitative estimate of drug-likeness (QED) is 0.738. The van der Waals surface area contributed by atoms with Gasteiger partial charge in [-0.15, -0.1) is 0 Å². The number of hydrogen-bond donors (Lipinski definition) is 0. The molecule has 0 N–H and O–H groups in total. The van der Waals surface area contributed by atoms with Gasteiger partial charge in [0.1, 0.15) is 5.75 Å². The molecule has 1 aromatic heterocycles. The molecule has 0 saturated carbocycles. The molecule has 0 aliphatic heterocycles. The third kappa shape index (κ3) is 3.44. The van der Waals surface area contributed by atoms with Crippen molar-refractivity contribution in [2.24, 2.45) is 5.92 Å². The number of carbonyl (C=O) groups excluding carboxylic acids is 1. The van der Waals surface area contributed by atoms with Gasteiger partial charge in [0.05, 0.1) is 25.8 Å². The first-order chi connectivity index (χ1) is 8.10. The summed E-state index contributed by atoms with van der Waals surface area (Å²) in [5, 5.41) is 0. The molecule has 0 bridgehead atoms. The van der Waals surface area contributed by atoms with Gasteiger partial charge in [-0.1, -0.05) is 13.8 Å². The van der Waals surface area contributed by atoms with Gasteiger partial charge < -0.3 is 9.47 Å². The van der Waals surface area contributed by atoms with E-state index in [1.54, 1.807) is 12.4 Å². The number of esters is 1. The molecular formula is C13H19NO3. The Labute approximate surface area is 102 Å². The molecule has 17 heavy (non-hydrogen) atoms. The summed E-state index contributed by atoms with van der Waals surface area (Å²) in [6.45, 7) is 6.45. The van der Waals surface area contributed by atoms with Crippen molar-refractivity contribution in [1.82, 2.24) is 4.98 Å². The second-order valence-electron chi connectivity index (χ2n) is 4.13. The van der Waals surface area contributed by atoms with Crippen LogP contribution in [0.5, 0.6) is 5.75 Å². The van der Waals surface area contributed by atoms with Crippen LogP contribution in [0.3, 0.4) is 0 Å². The molecule has 1 unspecified atom stereocenters. The molecule has 4 nitrogen and oxygen atoms in total. The molecule has 0 radical (unpaired) electrons. The average Bonchev–Trinajstić information content (AvgIpc) is 2.29. The molecule has 0 saturated heterocycles. The van der Waals surface area contributed by atoms with Crippen LogP contribution in [0, 0.1) is 5.92 Å². The zero-order valence-corrected chi connectivity index (χ0v) is 10.8.